The molecule has 0 radical (unpaired) electrons. The lowest BCUT2D eigenvalue weighted by molar-refractivity contribution is 0.0697. The molecule has 0 saturated heterocycles. The fourth-order valence-electron chi connectivity index (χ4n) is 2.09. The van der Waals surface area contributed by atoms with Crippen LogP contribution in [0, 0.1) is 0 Å². The van der Waals surface area contributed by atoms with Crippen LogP contribution in [0.25, 0.3) is 10.9 Å². The Kier molecular flexibility index (Phi) is 5.58. The summed E-state index contributed by atoms with van der Waals surface area (Å²) in [5, 5.41) is 10.3. The molecule has 4 N–H and O–H groups in total. The molecule has 2 aromatic carbocycles. The van der Waals surface area contributed by atoms with Crippen LogP contribution in [-0.2, 0) is 6.42 Å². The molecule has 0 aliphatic rings. The first-order chi connectivity index (χ1) is 10.6. The van der Waals surface area contributed by atoms with E-state index in [0.29, 0.717) is 11.6 Å². The fourth-order valence-corrected chi connectivity index (χ4v) is 2.21. The number of aromatic nitrogens is 1. The van der Waals surface area contributed by atoms with Crippen molar-refractivity contribution in [3.05, 3.63) is 70.9 Å². The number of benzene rings is 2. The highest BCUT2D eigenvalue weighted by molar-refractivity contribution is 6.30. The Labute approximate surface area is 133 Å². The third kappa shape index (κ3) is 4.10. The van der Waals surface area contributed by atoms with Crippen molar-refractivity contribution in [3.63, 3.8) is 0 Å². The highest BCUT2D eigenvalue weighted by Crippen LogP contribution is 2.17. The second kappa shape index (κ2) is 7.64. The van der Waals surface area contributed by atoms with Crippen molar-refractivity contribution >= 4 is 28.5 Å². The van der Waals surface area contributed by atoms with Crippen molar-refractivity contribution in [1.82, 2.24) is 4.98 Å². The monoisotopic (exact) mass is 316 g/mol. The third-order valence-electron chi connectivity index (χ3n) is 3.18. The van der Waals surface area contributed by atoms with Crippen LogP contribution in [0.3, 0.4) is 0 Å². The van der Waals surface area contributed by atoms with E-state index in [1.807, 2.05) is 12.3 Å². The Morgan fingerprint density at radius 3 is 2.45 bits per heavy atom. The molecule has 0 bridgehead atoms. The van der Waals surface area contributed by atoms with Gasteiger partial charge in [0, 0.05) is 22.1 Å². The number of H-pyrrole nitrogens is 1. The van der Waals surface area contributed by atoms with Gasteiger partial charge >= 0.3 is 5.97 Å². The summed E-state index contributed by atoms with van der Waals surface area (Å²) < 4.78 is 0. The molecule has 0 amide bonds. The molecule has 3 rings (SSSR count). The van der Waals surface area contributed by atoms with Crippen LogP contribution in [0.5, 0.6) is 0 Å². The second-order valence-electron chi connectivity index (χ2n) is 4.71. The summed E-state index contributed by atoms with van der Waals surface area (Å²) in [4.78, 5) is 13.5. The highest BCUT2D eigenvalue weighted by atomic mass is 35.5. The van der Waals surface area contributed by atoms with Gasteiger partial charge in [-0.15, -0.1) is 0 Å². The van der Waals surface area contributed by atoms with Crippen molar-refractivity contribution in [1.29, 1.82) is 0 Å². The Hall–Kier alpha value is -2.30. The van der Waals surface area contributed by atoms with Gasteiger partial charge in [-0.3, -0.25) is 0 Å². The number of fused-ring (bicyclic) bond motifs is 1. The lowest BCUT2D eigenvalue weighted by Crippen LogP contribution is -2.01. The molecule has 1 aromatic heterocycles. The van der Waals surface area contributed by atoms with E-state index < -0.39 is 5.97 Å². The molecule has 0 aliphatic carbocycles. The van der Waals surface area contributed by atoms with Crippen molar-refractivity contribution in [2.75, 3.05) is 6.54 Å². The number of carboxylic acid groups (broad SMARTS) is 1. The van der Waals surface area contributed by atoms with Gasteiger partial charge < -0.3 is 15.8 Å². The number of carbonyl (C=O) groups is 1. The zero-order valence-electron chi connectivity index (χ0n) is 11.9. The maximum atomic E-state index is 10.3. The summed E-state index contributed by atoms with van der Waals surface area (Å²) >= 11 is 5.52. The third-order valence-corrected chi connectivity index (χ3v) is 3.43. The SMILES string of the molecule is NCCc1c[nH]c2ccccc12.O=C(O)c1ccc(Cl)cc1. The number of para-hydroxylation sites is 1. The molecular weight excluding hydrogens is 300 g/mol. The number of aromatic carboxylic acids is 1. The first kappa shape index (κ1) is 16.1. The topological polar surface area (TPSA) is 79.1 Å². The molecule has 0 spiro atoms. The summed E-state index contributed by atoms with van der Waals surface area (Å²) in [5.41, 5.74) is 8.26. The first-order valence-corrected chi connectivity index (χ1v) is 7.23. The molecule has 5 heteroatoms. The van der Waals surface area contributed by atoms with Crippen molar-refractivity contribution in [2.24, 2.45) is 5.73 Å². The van der Waals surface area contributed by atoms with Crippen LogP contribution in [0.1, 0.15) is 15.9 Å². The van der Waals surface area contributed by atoms with E-state index >= 15 is 0 Å². The number of hydrogen-bond acceptors (Lipinski definition) is 2. The number of aromatic amines is 1. The number of halogens is 1. The molecular formula is C17H17ClN2O2. The van der Waals surface area contributed by atoms with Crippen molar-refractivity contribution in [2.45, 2.75) is 6.42 Å². The van der Waals surface area contributed by atoms with E-state index in [4.69, 9.17) is 22.4 Å². The van der Waals surface area contributed by atoms with E-state index in [-0.39, 0.29) is 5.56 Å². The number of hydrogen-bond donors (Lipinski definition) is 3. The molecule has 114 valence electrons. The predicted octanol–water partition coefficient (Wildman–Crippen LogP) is 3.71. The summed E-state index contributed by atoms with van der Waals surface area (Å²) in [5.74, 6) is -0.934. The van der Waals surface area contributed by atoms with Gasteiger partial charge in [-0.05, 0) is 48.9 Å². The van der Waals surface area contributed by atoms with Crippen molar-refractivity contribution < 1.29 is 9.90 Å². The van der Waals surface area contributed by atoms with E-state index in [1.54, 1.807) is 12.1 Å². The van der Waals surface area contributed by atoms with Crippen LogP contribution < -0.4 is 5.73 Å². The Morgan fingerprint density at radius 2 is 1.82 bits per heavy atom. The minimum Gasteiger partial charge on any atom is -0.478 e. The predicted molar refractivity (Wildman–Crippen MR) is 89.5 cm³/mol. The quantitative estimate of drug-likeness (QED) is 0.689. The summed E-state index contributed by atoms with van der Waals surface area (Å²) in [6, 6.07) is 14.3. The van der Waals surface area contributed by atoms with Gasteiger partial charge in [-0.2, -0.15) is 0 Å². The fraction of sp³-hybridized carbons (Fsp3) is 0.118. The number of rotatable bonds is 3. The average Bonchev–Trinajstić information content (AvgIpc) is 2.92. The molecule has 0 unspecified atom stereocenters. The maximum absolute atomic E-state index is 10.3. The van der Waals surface area contributed by atoms with Crippen molar-refractivity contribution in [3.8, 4) is 0 Å². The van der Waals surface area contributed by atoms with Crippen LogP contribution in [0.2, 0.25) is 5.02 Å². The summed E-state index contributed by atoms with van der Waals surface area (Å²) in [6.45, 7) is 0.710. The minimum atomic E-state index is -0.934. The zero-order valence-corrected chi connectivity index (χ0v) is 12.7. The first-order valence-electron chi connectivity index (χ1n) is 6.85. The van der Waals surface area contributed by atoms with E-state index in [9.17, 15) is 4.79 Å². The molecule has 0 fully saturated rings. The molecule has 4 nitrogen and oxygen atoms in total. The Morgan fingerprint density at radius 1 is 1.14 bits per heavy atom. The number of carboxylic acids is 1. The summed E-state index contributed by atoms with van der Waals surface area (Å²) in [6.07, 6.45) is 2.99. The maximum Gasteiger partial charge on any atom is 0.335 e. The Balaban J connectivity index is 0.000000164. The van der Waals surface area contributed by atoms with Crippen LogP contribution in [-0.4, -0.2) is 22.6 Å². The molecule has 22 heavy (non-hydrogen) atoms. The van der Waals surface area contributed by atoms with E-state index in [2.05, 4.69) is 23.2 Å². The van der Waals surface area contributed by atoms with Crippen LogP contribution in [0.4, 0.5) is 0 Å². The van der Waals surface area contributed by atoms with Gasteiger partial charge in [-0.25, -0.2) is 4.79 Å². The Bertz CT molecular complexity index is 751. The van der Waals surface area contributed by atoms with Gasteiger partial charge in [0.15, 0.2) is 0 Å². The van der Waals surface area contributed by atoms with Gasteiger partial charge in [0.2, 0.25) is 0 Å². The second-order valence-corrected chi connectivity index (χ2v) is 5.15. The van der Waals surface area contributed by atoms with Gasteiger partial charge in [-0.1, -0.05) is 29.8 Å². The molecule has 0 aliphatic heterocycles. The molecule has 0 saturated carbocycles. The van der Waals surface area contributed by atoms with E-state index in [0.717, 1.165) is 6.42 Å². The van der Waals surface area contributed by atoms with Crippen LogP contribution in [0.15, 0.2) is 54.7 Å². The minimum absolute atomic E-state index is 0.254. The van der Waals surface area contributed by atoms with Gasteiger partial charge in [0.1, 0.15) is 0 Å². The highest BCUT2D eigenvalue weighted by Gasteiger charge is 2.00. The zero-order chi connectivity index (χ0) is 15.9. The molecule has 0 atom stereocenters. The standard InChI is InChI=1S/C10H12N2.C7H5ClO2/c11-6-5-8-7-12-10-4-2-1-3-9(8)10;8-6-3-1-5(2-4-6)7(9)10/h1-4,7,12H,5-6,11H2;1-4H,(H,9,10). The lowest BCUT2D eigenvalue weighted by Gasteiger charge is -1.93. The normalized spacial score (nSPS) is 10.1. The largest absolute Gasteiger partial charge is 0.478 e. The molecule has 1 heterocycles. The number of nitrogens with two attached hydrogens (primary N) is 1. The smallest absolute Gasteiger partial charge is 0.335 e. The van der Waals surface area contributed by atoms with E-state index in [1.165, 1.54) is 28.6 Å². The van der Waals surface area contributed by atoms with Crippen LogP contribution >= 0.6 is 11.6 Å². The van der Waals surface area contributed by atoms with Gasteiger partial charge in [0.25, 0.3) is 0 Å². The molecule has 3 aromatic rings. The average molecular weight is 317 g/mol. The lowest BCUT2D eigenvalue weighted by atomic mass is 10.1. The van der Waals surface area contributed by atoms with Gasteiger partial charge in [0.05, 0.1) is 5.56 Å². The number of nitrogens with one attached hydrogen (secondary N) is 1. The summed E-state index contributed by atoms with van der Waals surface area (Å²) in [7, 11) is 0.